The Morgan fingerprint density at radius 1 is 1.03 bits per heavy atom. The fourth-order valence-electron chi connectivity index (χ4n) is 4.20. The fourth-order valence-corrected chi connectivity index (χ4v) is 4.20. The molecule has 0 atom stereocenters. The van der Waals surface area contributed by atoms with Gasteiger partial charge in [-0.2, -0.15) is 0 Å². The summed E-state index contributed by atoms with van der Waals surface area (Å²) in [5.41, 5.74) is 3.14. The van der Waals surface area contributed by atoms with Gasteiger partial charge in [-0.1, -0.05) is 31.0 Å². The maximum atomic E-state index is 13.1. The van der Waals surface area contributed by atoms with Crippen LogP contribution in [0.2, 0.25) is 0 Å². The molecule has 4 rings (SSSR count). The normalized spacial score (nSPS) is 14.6. The molecule has 0 saturated carbocycles. The van der Waals surface area contributed by atoms with E-state index in [-0.39, 0.29) is 11.2 Å². The highest BCUT2D eigenvalue weighted by atomic mass is 16.6. The van der Waals surface area contributed by atoms with E-state index in [1.807, 2.05) is 44.3 Å². The monoisotopic (exact) mass is 433 g/mol. The van der Waals surface area contributed by atoms with E-state index in [0.717, 1.165) is 43.0 Å². The number of para-hydroxylation sites is 1. The topological polar surface area (TPSA) is 85.7 Å². The zero-order valence-electron chi connectivity index (χ0n) is 18.4. The van der Waals surface area contributed by atoms with Gasteiger partial charge in [-0.05, 0) is 38.0 Å². The highest BCUT2D eigenvalue weighted by Gasteiger charge is 2.18. The van der Waals surface area contributed by atoms with Crippen LogP contribution in [0.3, 0.4) is 0 Å². The van der Waals surface area contributed by atoms with Crippen molar-refractivity contribution in [3.63, 3.8) is 0 Å². The average Bonchev–Trinajstić information content (AvgIpc) is 2.99. The molecule has 32 heavy (non-hydrogen) atoms. The van der Waals surface area contributed by atoms with Crippen LogP contribution in [0.5, 0.6) is 0 Å². The SMILES string of the molecule is Cc1c(N=Cc2cc([N+](=O)[O-])ccc2N2CCCCCC2)c(=O)n(-c2ccccc2)n1C. The molecule has 166 valence electrons. The van der Waals surface area contributed by atoms with Gasteiger partial charge in [-0.15, -0.1) is 0 Å². The Hall–Kier alpha value is -3.68. The zero-order chi connectivity index (χ0) is 22.7. The van der Waals surface area contributed by atoms with Gasteiger partial charge in [0.1, 0.15) is 0 Å². The van der Waals surface area contributed by atoms with E-state index in [4.69, 9.17) is 0 Å². The minimum atomic E-state index is -0.403. The minimum absolute atomic E-state index is 0.0107. The predicted molar refractivity (Wildman–Crippen MR) is 127 cm³/mol. The third kappa shape index (κ3) is 4.21. The first-order valence-electron chi connectivity index (χ1n) is 10.9. The van der Waals surface area contributed by atoms with E-state index in [0.29, 0.717) is 11.3 Å². The van der Waals surface area contributed by atoms with Gasteiger partial charge in [0.2, 0.25) is 0 Å². The number of nitrogens with zero attached hydrogens (tertiary/aromatic N) is 5. The van der Waals surface area contributed by atoms with E-state index >= 15 is 0 Å². The second-order valence-electron chi connectivity index (χ2n) is 8.07. The lowest BCUT2D eigenvalue weighted by Gasteiger charge is -2.24. The van der Waals surface area contributed by atoms with Crippen molar-refractivity contribution in [1.82, 2.24) is 9.36 Å². The maximum absolute atomic E-state index is 13.1. The Balaban J connectivity index is 1.77. The number of nitro groups is 1. The van der Waals surface area contributed by atoms with Crippen molar-refractivity contribution in [2.24, 2.45) is 12.0 Å². The summed E-state index contributed by atoms with van der Waals surface area (Å²) < 4.78 is 3.35. The molecule has 1 fully saturated rings. The Morgan fingerprint density at radius 3 is 2.38 bits per heavy atom. The molecule has 1 aliphatic rings. The molecule has 0 spiro atoms. The first-order chi connectivity index (χ1) is 15.5. The summed E-state index contributed by atoms with van der Waals surface area (Å²) in [6.45, 7) is 3.66. The summed E-state index contributed by atoms with van der Waals surface area (Å²) >= 11 is 0. The molecule has 0 N–H and O–H groups in total. The number of non-ortho nitro benzene ring substituents is 1. The van der Waals surface area contributed by atoms with E-state index in [9.17, 15) is 14.9 Å². The number of aromatic nitrogens is 2. The second kappa shape index (κ2) is 9.21. The summed E-state index contributed by atoms with van der Waals surface area (Å²) in [4.78, 5) is 30.9. The van der Waals surface area contributed by atoms with Gasteiger partial charge in [0.15, 0.2) is 5.69 Å². The van der Waals surface area contributed by atoms with Gasteiger partial charge in [0.25, 0.3) is 11.2 Å². The first kappa shape index (κ1) is 21.5. The molecule has 2 aromatic carbocycles. The largest absolute Gasteiger partial charge is 0.371 e. The van der Waals surface area contributed by atoms with Crippen molar-refractivity contribution in [2.45, 2.75) is 32.6 Å². The van der Waals surface area contributed by atoms with Gasteiger partial charge in [-0.3, -0.25) is 19.6 Å². The summed E-state index contributed by atoms with van der Waals surface area (Å²) in [6, 6.07) is 14.3. The van der Waals surface area contributed by atoms with E-state index in [2.05, 4.69) is 9.89 Å². The highest BCUT2D eigenvalue weighted by Crippen LogP contribution is 2.27. The average molecular weight is 434 g/mol. The van der Waals surface area contributed by atoms with Gasteiger partial charge in [0.05, 0.1) is 16.3 Å². The van der Waals surface area contributed by atoms with Crippen LogP contribution in [0.15, 0.2) is 58.3 Å². The Morgan fingerprint density at radius 2 is 1.72 bits per heavy atom. The third-order valence-corrected chi connectivity index (χ3v) is 6.03. The van der Waals surface area contributed by atoms with Crippen LogP contribution in [-0.4, -0.2) is 33.6 Å². The standard InChI is InChI=1S/C24H27N5O3/c1-18-23(24(30)28(26(18)2)20-10-6-5-7-11-20)25-17-19-16-21(29(31)32)12-13-22(19)27-14-8-3-4-9-15-27/h5-7,10-13,16-17H,3-4,8-9,14-15H2,1-2H3. The summed E-state index contributed by atoms with van der Waals surface area (Å²) in [5, 5.41) is 11.4. The first-order valence-corrected chi connectivity index (χ1v) is 10.9. The van der Waals surface area contributed by atoms with Gasteiger partial charge < -0.3 is 4.90 Å². The van der Waals surface area contributed by atoms with Gasteiger partial charge in [0, 0.05) is 49.7 Å². The van der Waals surface area contributed by atoms with Crippen LogP contribution >= 0.6 is 0 Å². The molecule has 0 bridgehead atoms. The maximum Gasteiger partial charge on any atom is 0.297 e. The van der Waals surface area contributed by atoms with E-state index in [1.165, 1.54) is 25.0 Å². The lowest BCUT2D eigenvalue weighted by atomic mass is 10.1. The van der Waals surface area contributed by atoms with Crippen molar-refractivity contribution in [3.8, 4) is 5.69 Å². The number of aliphatic imine (C=N–C) groups is 1. The van der Waals surface area contributed by atoms with Crippen LogP contribution < -0.4 is 10.5 Å². The van der Waals surface area contributed by atoms with Crippen LogP contribution in [0.4, 0.5) is 17.1 Å². The molecule has 2 heterocycles. The fraction of sp³-hybridized carbons (Fsp3) is 0.333. The number of hydrogen-bond donors (Lipinski definition) is 0. The molecular formula is C24H27N5O3. The number of nitro benzene ring substituents is 1. The Labute approximate surface area is 186 Å². The predicted octanol–water partition coefficient (Wildman–Crippen LogP) is 4.52. The highest BCUT2D eigenvalue weighted by molar-refractivity contribution is 5.90. The summed E-state index contributed by atoms with van der Waals surface area (Å²) in [7, 11) is 1.82. The zero-order valence-corrected chi connectivity index (χ0v) is 18.4. The number of hydrogen-bond acceptors (Lipinski definition) is 5. The van der Waals surface area contributed by atoms with Crippen LogP contribution in [0.1, 0.15) is 36.9 Å². The van der Waals surface area contributed by atoms with Crippen molar-refractivity contribution in [2.75, 3.05) is 18.0 Å². The number of rotatable bonds is 5. The molecule has 1 saturated heterocycles. The Bertz CT molecular complexity index is 1200. The number of anilines is 1. The smallest absolute Gasteiger partial charge is 0.297 e. The molecule has 0 aliphatic carbocycles. The van der Waals surface area contributed by atoms with E-state index < -0.39 is 4.92 Å². The third-order valence-electron chi connectivity index (χ3n) is 6.03. The quantitative estimate of drug-likeness (QED) is 0.336. The molecule has 8 nitrogen and oxygen atoms in total. The van der Waals surface area contributed by atoms with Crippen molar-refractivity contribution < 1.29 is 4.92 Å². The lowest BCUT2D eigenvalue weighted by molar-refractivity contribution is -0.384. The van der Waals surface area contributed by atoms with Crippen molar-refractivity contribution >= 4 is 23.3 Å². The number of benzene rings is 2. The summed E-state index contributed by atoms with van der Waals surface area (Å²) in [6.07, 6.45) is 6.15. The van der Waals surface area contributed by atoms with Gasteiger partial charge in [-0.25, -0.2) is 9.67 Å². The van der Waals surface area contributed by atoms with Crippen LogP contribution in [0, 0.1) is 17.0 Å². The van der Waals surface area contributed by atoms with Crippen molar-refractivity contribution in [3.05, 3.63) is 80.3 Å². The summed E-state index contributed by atoms with van der Waals surface area (Å²) in [5.74, 6) is 0. The molecule has 3 aromatic rings. The molecule has 8 heteroatoms. The molecule has 0 amide bonds. The van der Waals surface area contributed by atoms with Crippen molar-refractivity contribution in [1.29, 1.82) is 0 Å². The van der Waals surface area contributed by atoms with Crippen LogP contribution in [0.25, 0.3) is 5.69 Å². The van der Waals surface area contributed by atoms with Gasteiger partial charge >= 0.3 is 0 Å². The second-order valence-corrected chi connectivity index (χ2v) is 8.07. The lowest BCUT2D eigenvalue weighted by Crippen LogP contribution is -2.25. The van der Waals surface area contributed by atoms with E-state index in [1.54, 1.807) is 21.6 Å². The molecule has 0 radical (unpaired) electrons. The molecule has 0 unspecified atom stereocenters. The minimum Gasteiger partial charge on any atom is -0.371 e. The molecular weight excluding hydrogens is 406 g/mol. The Kier molecular flexibility index (Phi) is 6.20. The van der Waals surface area contributed by atoms with Crippen LogP contribution in [-0.2, 0) is 7.05 Å². The molecule has 1 aromatic heterocycles. The molecule has 1 aliphatic heterocycles.